The minimum absolute atomic E-state index is 0.515. The number of nitrogens with zero attached hydrogens (tertiary/aromatic N) is 1. The van der Waals surface area contributed by atoms with Crippen LogP contribution in [-0.4, -0.2) is 38.4 Å². The Labute approximate surface area is 131 Å². The fourth-order valence-corrected chi connectivity index (χ4v) is 5.83. The quantitative estimate of drug-likeness (QED) is 0.836. The van der Waals surface area contributed by atoms with Gasteiger partial charge in [-0.15, -0.1) is 11.3 Å². The zero-order chi connectivity index (χ0) is 14.9. The van der Waals surface area contributed by atoms with Crippen LogP contribution in [0.1, 0.15) is 37.5 Å². The topological polar surface area (TPSA) is 49.4 Å². The van der Waals surface area contributed by atoms with Crippen molar-refractivity contribution >= 4 is 21.4 Å². The van der Waals surface area contributed by atoms with Crippen molar-refractivity contribution in [1.29, 1.82) is 0 Å². The first-order valence-electron chi connectivity index (χ1n) is 7.92. The molecule has 0 aromatic carbocycles. The van der Waals surface area contributed by atoms with Gasteiger partial charge in [0.1, 0.15) is 4.21 Å². The van der Waals surface area contributed by atoms with Crippen molar-refractivity contribution in [3.8, 4) is 0 Å². The highest BCUT2D eigenvalue weighted by atomic mass is 32.2. The molecule has 0 bridgehead atoms. The van der Waals surface area contributed by atoms with Crippen molar-refractivity contribution in [3.63, 3.8) is 0 Å². The minimum atomic E-state index is -3.26. The average molecular weight is 329 g/mol. The lowest BCUT2D eigenvalue weighted by Gasteiger charge is -2.14. The van der Waals surface area contributed by atoms with Gasteiger partial charge < -0.3 is 5.32 Å². The Kier molecular flexibility index (Phi) is 4.69. The molecule has 4 nitrogen and oxygen atoms in total. The summed E-state index contributed by atoms with van der Waals surface area (Å²) >= 11 is 1.44. The highest BCUT2D eigenvalue weighted by molar-refractivity contribution is 7.91. The first kappa shape index (κ1) is 15.5. The second-order valence-electron chi connectivity index (χ2n) is 6.13. The van der Waals surface area contributed by atoms with E-state index in [2.05, 4.69) is 12.2 Å². The second-order valence-corrected chi connectivity index (χ2v) is 9.46. The van der Waals surface area contributed by atoms with E-state index in [4.69, 9.17) is 0 Å². The Bertz CT molecular complexity index is 578. The molecule has 0 spiro atoms. The molecule has 1 atom stereocenters. The summed E-state index contributed by atoms with van der Waals surface area (Å²) in [4.78, 5) is 1.16. The molecule has 1 aliphatic carbocycles. The van der Waals surface area contributed by atoms with Crippen LogP contribution < -0.4 is 5.32 Å². The van der Waals surface area contributed by atoms with Gasteiger partial charge in [0, 0.05) is 30.6 Å². The third-order valence-corrected chi connectivity index (χ3v) is 7.92. The van der Waals surface area contributed by atoms with Crippen molar-refractivity contribution in [2.45, 2.75) is 49.3 Å². The highest BCUT2D eigenvalue weighted by Gasteiger charge is 2.32. The van der Waals surface area contributed by atoms with Gasteiger partial charge in [0.2, 0.25) is 0 Å². The molecular formula is C15H24N2O2S2. The molecule has 1 aliphatic heterocycles. The predicted octanol–water partition coefficient (Wildman–Crippen LogP) is 2.46. The molecule has 1 unspecified atom stereocenters. The predicted molar refractivity (Wildman–Crippen MR) is 86.2 cm³/mol. The smallest absolute Gasteiger partial charge is 0.252 e. The summed E-state index contributed by atoms with van der Waals surface area (Å²) in [6, 6.07) is 4.47. The van der Waals surface area contributed by atoms with E-state index in [9.17, 15) is 8.42 Å². The van der Waals surface area contributed by atoms with Crippen molar-refractivity contribution < 1.29 is 8.42 Å². The lowest BCUT2D eigenvalue weighted by molar-refractivity contribution is 0.454. The zero-order valence-electron chi connectivity index (χ0n) is 12.5. The molecule has 1 saturated carbocycles. The number of hydrogen-bond acceptors (Lipinski definition) is 4. The molecule has 6 heteroatoms. The van der Waals surface area contributed by atoms with Gasteiger partial charge in [0.15, 0.2) is 0 Å². The summed E-state index contributed by atoms with van der Waals surface area (Å²) in [6.45, 7) is 4.45. The van der Waals surface area contributed by atoms with Crippen molar-refractivity contribution in [1.82, 2.24) is 9.62 Å². The van der Waals surface area contributed by atoms with Gasteiger partial charge in [-0.2, -0.15) is 4.31 Å². The fourth-order valence-electron chi connectivity index (χ4n) is 2.79. The number of thiophene rings is 1. The van der Waals surface area contributed by atoms with Gasteiger partial charge in [-0.3, -0.25) is 0 Å². The van der Waals surface area contributed by atoms with E-state index in [1.165, 1.54) is 24.2 Å². The molecule has 2 aliphatic rings. The van der Waals surface area contributed by atoms with Gasteiger partial charge in [0.25, 0.3) is 10.0 Å². The van der Waals surface area contributed by atoms with Crippen molar-refractivity contribution in [2.24, 2.45) is 5.92 Å². The van der Waals surface area contributed by atoms with Gasteiger partial charge in [-0.25, -0.2) is 8.42 Å². The maximum absolute atomic E-state index is 12.6. The van der Waals surface area contributed by atoms with Crippen LogP contribution in [0, 0.1) is 5.92 Å². The van der Waals surface area contributed by atoms with Crippen LogP contribution in [0.25, 0.3) is 0 Å². The van der Waals surface area contributed by atoms with E-state index in [-0.39, 0.29) is 0 Å². The summed E-state index contributed by atoms with van der Waals surface area (Å²) in [7, 11) is -3.26. The van der Waals surface area contributed by atoms with Gasteiger partial charge >= 0.3 is 0 Å². The molecule has 1 saturated heterocycles. The molecule has 118 valence electrons. The number of hydrogen-bond donors (Lipinski definition) is 1. The second kappa shape index (κ2) is 6.36. The highest BCUT2D eigenvalue weighted by Crippen LogP contribution is 2.30. The molecule has 0 amide bonds. The van der Waals surface area contributed by atoms with Crippen LogP contribution in [-0.2, 0) is 16.4 Å². The lowest BCUT2D eigenvalue weighted by Crippen LogP contribution is -2.28. The van der Waals surface area contributed by atoms with E-state index in [1.807, 2.05) is 6.07 Å². The minimum Gasteiger partial charge on any atom is -0.314 e. The van der Waals surface area contributed by atoms with Crippen LogP contribution in [0.4, 0.5) is 0 Å². The van der Waals surface area contributed by atoms with E-state index in [0.717, 1.165) is 30.7 Å². The Morgan fingerprint density at radius 1 is 1.33 bits per heavy atom. The molecule has 0 radical (unpaired) electrons. The van der Waals surface area contributed by atoms with Crippen LogP contribution >= 0.6 is 11.3 Å². The average Bonchev–Trinajstić information content (AvgIpc) is 2.97. The summed E-state index contributed by atoms with van der Waals surface area (Å²) in [5, 5.41) is 3.47. The van der Waals surface area contributed by atoms with Crippen LogP contribution in [0.3, 0.4) is 0 Å². The first-order chi connectivity index (χ1) is 10.1. The van der Waals surface area contributed by atoms with Gasteiger partial charge in [0.05, 0.1) is 0 Å². The van der Waals surface area contributed by atoms with Gasteiger partial charge in [-0.1, -0.05) is 13.3 Å². The Hall–Kier alpha value is -0.430. The molecule has 3 rings (SSSR count). The van der Waals surface area contributed by atoms with Crippen molar-refractivity contribution in [2.75, 3.05) is 19.6 Å². The summed E-state index contributed by atoms with van der Waals surface area (Å²) in [5.41, 5.74) is 0. The molecular weight excluding hydrogens is 304 g/mol. The van der Waals surface area contributed by atoms with E-state index in [0.29, 0.717) is 29.3 Å². The normalized spacial score (nSPS) is 23.8. The van der Waals surface area contributed by atoms with E-state index < -0.39 is 10.0 Å². The standard InChI is InChI=1S/C15H24N2O2S2/c1-2-12-8-10-17(11-12)21(18,19)15-6-5-14(20-15)7-9-16-13-3-4-13/h5-6,12-13,16H,2-4,7-11H2,1H3. The fraction of sp³-hybridized carbons (Fsp3) is 0.733. The number of sulfonamides is 1. The van der Waals surface area contributed by atoms with Crippen molar-refractivity contribution in [3.05, 3.63) is 17.0 Å². The lowest BCUT2D eigenvalue weighted by atomic mass is 10.1. The summed E-state index contributed by atoms with van der Waals surface area (Å²) in [6.07, 6.45) is 5.57. The maximum Gasteiger partial charge on any atom is 0.252 e. The molecule has 1 aromatic heterocycles. The SMILES string of the molecule is CCC1CCN(S(=O)(=O)c2ccc(CCNC3CC3)s2)C1. The third-order valence-electron chi connectivity index (χ3n) is 4.44. The Morgan fingerprint density at radius 3 is 2.81 bits per heavy atom. The monoisotopic (exact) mass is 328 g/mol. The third kappa shape index (κ3) is 3.67. The molecule has 2 heterocycles. The molecule has 2 fully saturated rings. The molecule has 1 N–H and O–H groups in total. The van der Waals surface area contributed by atoms with Crippen LogP contribution in [0.15, 0.2) is 16.3 Å². The number of rotatable bonds is 7. The van der Waals surface area contributed by atoms with E-state index in [1.54, 1.807) is 10.4 Å². The molecule has 1 aromatic rings. The van der Waals surface area contributed by atoms with Gasteiger partial charge in [-0.05, 0) is 43.7 Å². The zero-order valence-corrected chi connectivity index (χ0v) is 14.2. The maximum atomic E-state index is 12.6. The van der Waals surface area contributed by atoms with Crippen LogP contribution in [0.2, 0.25) is 0 Å². The number of nitrogens with one attached hydrogen (secondary N) is 1. The van der Waals surface area contributed by atoms with Crippen LogP contribution in [0.5, 0.6) is 0 Å². The first-order valence-corrected chi connectivity index (χ1v) is 10.2. The summed E-state index contributed by atoms with van der Waals surface area (Å²) < 4.78 is 27.4. The van der Waals surface area contributed by atoms with E-state index >= 15 is 0 Å². The Morgan fingerprint density at radius 2 is 2.14 bits per heavy atom. The molecule has 21 heavy (non-hydrogen) atoms. The Balaban J connectivity index is 1.61. The largest absolute Gasteiger partial charge is 0.314 e. The summed E-state index contributed by atoms with van der Waals surface area (Å²) in [5.74, 6) is 0.530.